The summed E-state index contributed by atoms with van der Waals surface area (Å²) < 4.78 is 0. The van der Waals surface area contributed by atoms with Crippen LogP contribution in [0.4, 0.5) is 5.82 Å². The molecule has 0 fully saturated rings. The molecule has 11 heavy (non-hydrogen) atoms. The molecule has 0 aliphatic heterocycles. The largest absolute Gasteiger partial charge is 0.508 e. The van der Waals surface area contributed by atoms with Gasteiger partial charge in [0.15, 0.2) is 0 Å². The topological polar surface area (TPSA) is 92.3 Å². The number of anilines is 1. The van der Waals surface area contributed by atoms with Crippen LogP contribution in [0.2, 0.25) is 0 Å². The monoisotopic (exact) mass is 153 g/mol. The van der Waals surface area contributed by atoms with Gasteiger partial charge in [0, 0.05) is 0 Å². The van der Waals surface area contributed by atoms with E-state index in [9.17, 15) is 0 Å². The lowest BCUT2D eigenvalue weighted by Crippen LogP contribution is -2.33. The average Bonchev–Trinajstić information content (AvgIpc) is 1.85. The van der Waals surface area contributed by atoms with Gasteiger partial charge in [-0.1, -0.05) is 0 Å². The first-order valence-corrected chi connectivity index (χ1v) is 3.07. The summed E-state index contributed by atoms with van der Waals surface area (Å²) in [7, 11) is -1.58. The fourth-order valence-electron chi connectivity index (χ4n) is 0.747. The SMILES string of the molecule is Cc1nc(N)cc(B(O)O)n1. The lowest BCUT2D eigenvalue weighted by Gasteiger charge is -2.00. The lowest BCUT2D eigenvalue weighted by molar-refractivity contribution is 0.424. The standard InChI is InChI=1S/C5H8BN3O2/c1-3-8-4(6(10)11)2-5(7)9-3/h2,10-11H,1H3,(H2,7,8,9). The maximum atomic E-state index is 8.68. The second-order valence-corrected chi connectivity index (χ2v) is 2.14. The summed E-state index contributed by atoms with van der Waals surface area (Å²) in [6.45, 7) is 1.63. The van der Waals surface area contributed by atoms with E-state index in [0.29, 0.717) is 5.82 Å². The molecular formula is C5H8BN3O2. The number of nitrogens with two attached hydrogens (primary N) is 1. The molecular weight excluding hydrogens is 145 g/mol. The molecule has 0 radical (unpaired) electrons. The first-order chi connectivity index (χ1) is 5.09. The van der Waals surface area contributed by atoms with E-state index in [1.54, 1.807) is 6.92 Å². The zero-order valence-electron chi connectivity index (χ0n) is 6.02. The minimum absolute atomic E-state index is 0.120. The van der Waals surface area contributed by atoms with Gasteiger partial charge in [0.25, 0.3) is 0 Å². The number of nitrogens with zero attached hydrogens (tertiary/aromatic N) is 2. The zero-order chi connectivity index (χ0) is 8.43. The van der Waals surface area contributed by atoms with Gasteiger partial charge in [0.2, 0.25) is 0 Å². The van der Waals surface area contributed by atoms with Gasteiger partial charge in [-0.15, -0.1) is 0 Å². The first-order valence-electron chi connectivity index (χ1n) is 3.07. The van der Waals surface area contributed by atoms with Crippen molar-refractivity contribution in [3.05, 3.63) is 11.9 Å². The summed E-state index contributed by atoms with van der Waals surface area (Å²) in [5, 5.41) is 17.4. The maximum Gasteiger partial charge on any atom is 0.508 e. The van der Waals surface area contributed by atoms with Gasteiger partial charge in [-0.2, -0.15) is 0 Å². The van der Waals surface area contributed by atoms with Crippen molar-refractivity contribution in [2.45, 2.75) is 6.92 Å². The van der Waals surface area contributed by atoms with Crippen molar-refractivity contribution in [2.24, 2.45) is 0 Å². The van der Waals surface area contributed by atoms with Crippen molar-refractivity contribution >= 4 is 18.5 Å². The molecule has 0 unspecified atom stereocenters. The summed E-state index contributed by atoms with van der Waals surface area (Å²) in [6, 6.07) is 1.32. The lowest BCUT2D eigenvalue weighted by atomic mass is 9.86. The molecule has 0 aromatic carbocycles. The highest BCUT2D eigenvalue weighted by Gasteiger charge is 2.13. The number of hydrogen-bond donors (Lipinski definition) is 3. The van der Waals surface area contributed by atoms with Crippen LogP contribution in [0.25, 0.3) is 0 Å². The molecule has 6 heteroatoms. The Balaban J connectivity index is 3.08. The number of rotatable bonds is 1. The van der Waals surface area contributed by atoms with Crippen molar-refractivity contribution in [3.63, 3.8) is 0 Å². The fraction of sp³-hybridized carbons (Fsp3) is 0.200. The maximum absolute atomic E-state index is 8.68. The molecule has 0 bridgehead atoms. The minimum Gasteiger partial charge on any atom is -0.422 e. The van der Waals surface area contributed by atoms with Crippen LogP contribution in [0.5, 0.6) is 0 Å². The van der Waals surface area contributed by atoms with Crippen LogP contribution in [0, 0.1) is 6.92 Å². The Morgan fingerprint density at radius 3 is 2.55 bits per heavy atom. The highest BCUT2D eigenvalue weighted by atomic mass is 16.4. The third-order valence-electron chi connectivity index (χ3n) is 1.14. The highest BCUT2D eigenvalue weighted by molar-refractivity contribution is 6.57. The second kappa shape index (κ2) is 2.85. The number of hydrogen-bond acceptors (Lipinski definition) is 5. The van der Waals surface area contributed by atoms with Crippen LogP contribution in [-0.4, -0.2) is 27.1 Å². The highest BCUT2D eigenvalue weighted by Crippen LogP contribution is 1.92. The fourth-order valence-corrected chi connectivity index (χ4v) is 0.747. The van der Waals surface area contributed by atoms with Crippen molar-refractivity contribution in [1.29, 1.82) is 0 Å². The van der Waals surface area contributed by atoms with Gasteiger partial charge in [0.05, 0.1) is 5.59 Å². The van der Waals surface area contributed by atoms with Crippen molar-refractivity contribution in [1.82, 2.24) is 9.97 Å². The van der Waals surface area contributed by atoms with Crippen LogP contribution in [0.1, 0.15) is 5.82 Å². The van der Waals surface area contributed by atoms with Gasteiger partial charge in [-0.3, -0.25) is 0 Å². The van der Waals surface area contributed by atoms with E-state index in [2.05, 4.69) is 9.97 Å². The Bertz CT molecular complexity index is 246. The third-order valence-corrected chi connectivity index (χ3v) is 1.14. The summed E-state index contributed by atoms with van der Waals surface area (Å²) in [4.78, 5) is 7.50. The Hall–Kier alpha value is -1.14. The molecule has 0 aliphatic carbocycles. The quantitative estimate of drug-likeness (QED) is 0.407. The van der Waals surface area contributed by atoms with Gasteiger partial charge < -0.3 is 15.8 Å². The molecule has 0 spiro atoms. The predicted octanol–water partition coefficient (Wildman–Crippen LogP) is -1.95. The smallest absolute Gasteiger partial charge is 0.422 e. The number of nitrogen functional groups attached to an aromatic ring is 1. The summed E-state index contributed by atoms with van der Waals surface area (Å²) in [6.07, 6.45) is 0. The van der Waals surface area contributed by atoms with Crippen LogP contribution in [0.15, 0.2) is 6.07 Å². The summed E-state index contributed by atoms with van der Waals surface area (Å²) in [5.41, 5.74) is 5.44. The van der Waals surface area contributed by atoms with Crippen LogP contribution < -0.4 is 11.3 Å². The summed E-state index contributed by atoms with van der Waals surface area (Å²) >= 11 is 0. The van der Waals surface area contributed by atoms with E-state index in [0.717, 1.165) is 0 Å². The van der Waals surface area contributed by atoms with E-state index >= 15 is 0 Å². The van der Waals surface area contributed by atoms with Gasteiger partial charge in [0.1, 0.15) is 11.6 Å². The van der Waals surface area contributed by atoms with Crippen LogP contribution in [-0.2, 0) is 0 Å². The molecule has 0 saturated heterocycles. The van der Waals surface area contributed by atoms with E-state index < -0.39 is 7.12 Å². The Labute approximate surface area is 64.1 Å². The molecule has 1 heterocycles. The molecule has 0 amide bonds. The summed E-state index contributed by atoms with van der Waals surface area (Å²) in [5.74, 6) is 0.661. The van der Waals surface area contributed by atoms with Gasteiger partial charge in [-0.05, 0) is 13.0 Å². The second-order valence-electron chi connectivity index (χ2n) is 2.14. The molecule has 58 valence electrons. The van der Waals surface area contributed by atoms with E-state index in [4.69, 9.17) is 15.8 Å². The molecule has 1 rings (SSSR count). The molecule has 1 aromatic rings. The van der Waals surface area contributed by atoms with Crippen molar-refractivity contribution in [3.8, 4) is 0 Å². The van der Waals surface area contributed by atoms with E-state index in [1.165, 1.54) is 6.07 Å². The van der Waals surface area contributed by atoms with Crippen LogP contribution >= 0.6 is 0 Å². The normalized spacial score (nSPS) is 9.73. The van der Waals surface area contributed by atoms with Crippen molar-refractivity contribution < 1.29 is 10.0 Å². The zero-order valence-corrected chi connectivity index (χ0v) is 6.02. The molecule has 0 atom stereocenters. The minimum atomic E-state index is -1.58. The molecule has 0 saturated carbocycles. The molecule has 0 aliphatic rings. The van der Waals surface area contributed by atoms with E-state index in [1.807, 2.05) is 0 Å². The molecule has 5 nitrogen and oxygen atoms in total. The van der Waals surface area contributed by atoms with Gasteiger partial charge in [-0.25, -0.2) is 9.97 Å². The predicted molar refractivity (Wildman–Crippen MR) is 41.0 cm³/mol. The number of aryl methyl sites for hydroxylation is 1. The molecule has 1 aromatic heterocycles. The third kappa shape index (κ3) is 1.89. The Morgan fingerprint density at radius 2 is 2.09 bits per heavy atom. The Kier molecular flexibility index (Phi) is 2.07. The van der Waals surface area contributed by atoms with Crippen molar-refractivity contribution in [2.75, 3.05) is 5.73 Å². The van der Waals surface area contributed by atoms with Gasteiger partial charge >= 0.3 is 7.12 Å². The molecule has 4 N–H and O–H groups in total. The van der Waals surface area contributed by atoms with Crippen LogP contribution in [0.3, 0.4) is 0 Å². The van der Waals surface area contributed by atoms with E-state index in [-0.39, 0.29) is 11.4 Å². The number of aromatic nitrogens is 2. The first kappa shape index (κ1) is 7.97. The average molecular weight is 153 g/mol. The Morgan fingerprint density at radius 1 is 1.45 bits per heavy atom.